The van der Waals surface area contributed by atoms with Gasteiger partial charge in [-0.1, -0.05) is 30.3 Å². The molecular weight excluding hydrogens is 280 g/mol. The molecule has 0 bridgehead atoms. The van der Waals surface area contributed by atoms with Gasteiger partial charge in [-0.15, -0.1) is 0 Å². The fourth-order valence-corrected chi connectivity index (χ4v) is 2.06. The summed E-state index contributed by atoms with van der Waals surface area (Å²) in [4.78, 5) is 21.1. The predicted molar refractivity (Wildman–Crippen MR) is 72.1 cm³/mol. The minimum absolute atomic E-state index is 0.0566. The van der Waals surface area contributed by atoms with E-state index in [0.29, 0.717) is 5.56 Å². The third-order valence-corrected chi connectivity index (χ3v) is 2.97. The number of H-pyrrole nitrogens is 1. The normalized spacial score (nSPS) is 10.8. The van der Waals surface area contributed by atoms with Gasteiger partial charge in [0.05, 0.1) is 7.11 Å². The number of fused-ring (bicyclic) bond motifs is 1. The Hall–Kier alpha value is -2.83. The van der Waals surface area contributed by atoms with Crippen molar-refractivity contribution in [2.24, 2.45) is 0 Å². The molecule has 0 unspecified atom stereocenters. The van der Waals surface area contributed by atoms with Crippen molar-refractivity contribution in [3.05, 3.63) is 52.6 Å². The number of ether oxygens (including phenoxy) is 1. The van der Waals surface area contributed by atoms with Gasteiger partial charge in [0.1, 0.15) is 16.6 Å². The van der Waals surface area contributed by atoms with E-state index in [0.717, 1.165) is 0 Å². The molecule has 0 saturated heterocycles. The molecule has 2 aromatic heterocycles. The lowest BCUT2D eigenvalue weighted by Gasteiger charge is -2.09. The number of methoxy groups -OCH3 is 1. The molecule has 3 aromatic rings. The molecule has 0 aliphatic carbocycles. The van der Waals surface area contributed by atoms with E-state index in [1.165, 1.54) is 7.11 Å². The van der Waals surface area contributed by atoms with Gasteiger partial charge in [-0.2, -0.15) is 9.37 Å². The zero-order valence-electron chi connectivity index (χ0n) is 10.9. The Balaban J connectivity index is 2.45. The molecule has 7 heteroatoms. The highest BCUT2D eigenvalue weighted by molar-refractivity contribution is 5.86. The van der Waals surface area contributed by atoms with Crippen LogP contribution in [0, 0.1) is 11.9 Å². The zero-order chi connectivity index (χ0) is 15.0. The summed E-state index contributed by atoms with van der Waals surface area (Å²) in [7, 11) is 1.29. The fourth-order valence-electron chi connectivity index (χ4n) is 2.06. The lowest BCUT2D eigenvalue weighted by Crippen LogP contribution is -2.14. The highest BCUT2D eigenvalue weighted by atomic mass is 19.1. The van der Waals surface area contributed by atoms with Crippen molar-refractivity contribution in [1.29, 1.82) is 0 Å². The Morgan fingerprint density at radius 1 is 1.14 bits per heavy atom. The van der Waals surface area contributed by atoms with E-state index in [-0.39, 0.29) is 22.5 Å². The number of nitrogens with zero attached hydrogens (tertiary/aromatic N) is 2. The fraction of sp³-hybridized carbons (Fsp3) is 0.0714. The van der Waals surface area contributed by atoms with Gasteiger partial charge >= 0.3 is 0 Å². The first-order chi connectivity index (χ1) is 10.1. The summed E-state index contributed by atoms with van der Waals surface area (Å²) < 4.78 is 32.8. The molecule has 1 N–H and O–H groups in total. The molecule has 106 valence electrons. The second-order valence-electron chi connectivity index (χ2n) is 4.23. The van der Waals surface area contributed by atoms with Gasteiger partial charge < -0.3 is 4.74 Å². The second-order valence-corrected chi connectivity index (χ2v) is 4.23. The van der Waals surface area contributed by atoms with Crippen LogP contribution < -0.4 is 10.3 Å². The highest BCUT2D eigenvalue weighted by Crippen LogP contribution is 2.29. The maximum Gasteiger partial charge on any atom is 0.290 e. The van der Waals surface area contributed by atoms with Crippen molar-refractivity contribution in [1.82, 2.24) is 15.0 Å². The second kappa shape index (κ2) is 4.93. The first-order valence-electron chi connectivity index (χ1n) is 6.00. The molecule has 0 spiro atoms. The largest absolute Gasteiger partial charge is 0.479 e. The van der Waals surface area contributed by atoms with Gasteiger partial charge in [0, 0.05) is 5.56 Å². The van der Waals surface area contributed by atoms with Crippen molar-refractivity contribution in [2.45, 2.75) is 0 Å². The Morgan fingerprint density at radius 2 is 1.86 bits per heavy atom. The van der Waals surface area contributed by atoms with Crippen LogP contribution in [0.1, 0.15) is 0 Å². The average Bonchev–Trinajstić information content (AvgIpc) is 2.48. The van der Waals surface area contributed by atoms with Crippen molar-refractivity contribution < 1.29 is 13.5 Å². The third kappa shape index (κ3) is 2.12. The van der Waals surface area contributed by atoms with Crippen LogP contribution in [-0.2, 0) is 0 Å². The molecular formula is C14H9F2N3O2. The van der Waals surface area contributed by atoms with E-state index >= 15 is 0 Å². The number of hydrogen-bond donors (Lipinski definition) is 1. The third-order valence-electron chi connectivity index (χ3n) is 2.97. The Bertz CT molecular complexity index is 879. The maximum absolute atomic E-state index is 14.6. The number of halogens is 2. The minimum Gasteiger partial charge on any atom is -0.479 e. The van der Waals surface area contributed by atoms with Crippen molar-refractivity contribution >= 4 is 10.9 Å². The number of aromatic amines is 1. The van der Waals surface area contributed by atoms with Gasteiger partial charge in [-0.3, -0.25) is 9.78 Å². The number of rotatable bonds is 2. The topological polar surface area (TPSA) is 67.9 Å². The standard InChI is InChI=1S/C14H9F2N3O2/c1-21-13-11-8(12(20)19-14(16)18-11)9(15)10(17-13)7-5-3-2-4-6-7/h2-6H,1H3,(H,18,19,20). The van der Waals surface area contributed by atoms with Gasteiger partial charge in [-0.25, -0.2) is 9.37 Å². The molecule has 1 aromatic carbocycles. The van der Waals surface area contributed by atoms with Crippen LogP contribution >= 0.6 is 0 Å². The molecule has 5 nitrogen and oxygen atoms in total. The summed E-state index contributed by atoms with van der Waals surface area (Å²) in [6, 6.07) is 8.47. The summed E-state index contributed by atoms with van der Waals surface area (Å²) in [5.74, 6) is -0.985. The van der Waals surface area contributed by atoms with Crippen LogP contribution in [0.4, 0.5) is 8.78 Å². The summed E-state index contributed by atoms with van der Waals surface area (Å²) in [5.41, 5.74) is -0.762. The van der Waals surface area contributed by atoms with Crippen LogP contribution in [0.25, 0.3) is 22.2 Å². The molecule has 2 heterocycles. The average molecular weight is 289 g/mol. The summed E-state index contributed by atoms with van der Waals surface area (Å²) in [5, 5.41) is -0.387. The highest BCUT2D eigenvalue weighted by Gasteiger charge is 2.20. The first kappa shape index (κ1) is 13.2. The Labute approximate surface area is 117 Å². The van der Waals surface area contributed by atoms with E-state index in [9.17, 15) is 13.6 Å². The predicted octanol–water partition coefficient (Wildman–Crippen LogP) is 2.27. The number of aromatic nitrogens is 3. The summed E-state index contributed by atoms with van der Waals surface area (Å²) >= 11 is 0. The smallest absolute Gasteiger partial charge is 0.290 e. The molecule has 0 fully saturated rings. The van der Waals surface area contributed by atoms with Gasteiger partial charge in [0.2, 0.25) is 5.88 Å². The molecule has 0 amide bonds. The quantitative estimate of drug-likeness (QED) is 0.735. The Morgan fingerprint density at radius 3 is 2.52 bits per heavy atom. The van der Waals surface area contributed by atoms with E-state index in [1.54, 1.807) is 30.3 Å². The van der Waals surface area contributed by atoms with Crippen molar-refractivity contribution in [3.63, 3.8) is 0 Å². The van der Waals surface area contributed by atoms with E-state index in [4.69, 9.17) is 4.74 Å². The zero-order valence-corrected chi connectivity index (χ0v) is 10.9. The summed E-state index contributed by atoms with van der Waals surface area (Å²) in [6.45, 7) is 0. The van der Waals surface area contributed by atoms with E-state index < -0.39 is 17.5 Å². The molecule has 0 aliphatic heterocycles. The number of nitrogens with one attached hydrogen (secondary N) is 1. The van der Waals surface area contributed by atoms with Crippen LogP contribution in [0.2, 0.25) is 0 Å². The molecule has 0 atom stereocenters. The van der Waals surface area contributed by atoms with Crippen molar-refractivity contribution in [2.75, 3.05) is 7.11 Å². The molecule has 0 aliphatic rings. The van der Waals surface area contributed by atoms with E-state index in [1.807, 2.05) is 4.98 Å². The van der Waals surface area contributed by atoms with E-state index in [2.05, 4.69) is 9.97 Å². The molecule has 21 heavy (non-hydrogen) atoms. The van der Waals surface area contributed by atoms with Crippen LogP contribution in [0.15, 0.2) is 35.1 Å². The van der Waals surface area contributed by atoms with Crippen LogP contribution in [0.5, 0.6) is 5.88 Å². The number of hydrogen-bond acceptors (Lipinski definition) is 4. The SMILES string of the molecule is COc1nc(-c2ccccc2)c(F)c2c(=O)[nH]c(F)nc12. The maximum atomic E-state index is 14.6. The lowest BCUT2D eigenvalue weighted by atomic mass is 10.1. The lowest BCUT2D eigenvalue weighted by molar-refractivity contribution is 0.400. The summed E-state index contributed by atoms with van der Waals surface area (Å²) in [6.07, 6.45) is -1.13. The number of pyridine rings is 1. The molecule has 0 saturated carbocycles. The first-order valence-corrected chi connectivity index (χ1v) is 6.00. The van der Waals surface area contributed by atoms with Crippen molar-refractivity contribution in [3.8, 4) is 17.1 Å². The van der Waals surface area contributed by atoms with Crippen LogP contribution in [0.3, 0.4) is 0 Å². The van der Waals surface area contributed by atoms with Crippen LogP contribution in [-0.4, -0.2) is 22.1 Å². The minimum atomic E-state index is -1.13. The van der Waals surface area contributed by atoms with Gasteiger partial charge in [0.25, 0.3) is 11.6 Å². The molecule has 0 radical (unpaired) electrons. The number of benzene rings is 1. The van der Waals surface area contributed by atoms with Gasteiger partial charge in [-0.05, 0) is 0 Å². The van der Waals surface area contributed by atoms with Gasteiger partial charge in [0.15, 0.2) is 5.82 Å². The monoisotopic (exact) mass is 289 g/mol. The molecule has 3 rings (SSSR count). The Kier molecular flexibility index (Phi) is 3.09.